The van der Waals surface area contributed by atoms with Crippen LogP contribution in [-0.2, 0) is 5.75 Å². The summed E-state index contributed by atoms with van der Waals surface area (Å²) >= 11 is 4.26. The van der Waals surface area contributed by atoms with E-state index in [-0.39, 0.29) is 11.8 Å². The van der Waals surface area contributed by atoms with Crippen molar-refractivity contribution in [3.05, 3.63) is 88.1 Å². The first kappa shape index (κ1) is 21.2. The molecule has 0 atom stereocenters. The number of anilines is 2. The summed E-state index contributed by atoms with van der Waals surface area (Å²) in [6.45, 7) is 0. The predicted molar refractivity (Wildman–Crippen MR) is 127 cm³/mol. The van der Waals surface area contributed by atoms with Crippen molar-refractivity contribution in [1.82, 2.24) is 10.2 Å². The molecule has 0 radical (unpaired) electrons. The molecule has 0 aliphatic rings. The van der Waals surface area contributed by atoms with E-state index in [0.29, 0.717) is 21.3 Å². The van der Waals surface area contributed by atoms with Crippen molar-refractivity contribution in [3.8, 4) is 0 Å². The summed E-state index contributed by atoms with van der Waals surface area (Å²) < 4.78 is 0.775. The fraction of sp³-hybridized carbons (Fsp3) is 0.0909. The van der Waals surface area contributed by atoms with Gasteiger partial charge in [0.05, 0.1) is 16.1 Å². The van der Waals surface area contributed by atoms with Gasteiger partial charge in [0.2, 0.25) is 5.13 Å². The molecule has 1 N–H and O–H groups in total. The summed E-state index contributed by atoms with van der Waals surface area (Å²) in [5.74, 6) is 0.282. The Balaban J connectivity index is 1.45. The van der Waals surface area contributed by atoms with Gasteiger partial charge in [0.25, 0.3) is 11.8 Å². The Bertz CT molecular complexity index is 1180. The first-order valence-corrected chi connectivity index (χ1v) is 12.0. The van der Waals surface area contributed by atoms with E-state index in [1.165, 1.54) is 33.1 Å². The summed E-state index contributed by atoms with van der Waals surface area (Å²) in [5, 5.41) is 13.3. The van der Waals surface area contributed by atoms with Crippen LogP contribution in [0.4, 0.5) is 10.8 Å². The van der Waals surface area contributed by atoms with Gasteiger partial charge < -0.3 is 4.90 Å². The van der Waals surface area contributed by atoms with E-state index >= 15 is 0 Å². The van der Waals surface area contributed by atoms with Crippen molar-refractivity contribution in [3.63, 3.8) is 0 Å². The van der Waals surface area contributed by atoms with Gasteiger partial charge in [0.15, 0.2) is 4.34 Å². The molecule has 0 bridgehead atoms. The lowest BCUT2D eigenvalue weighted by Crippen LogP contribution is -2.28. The number of aromatic nitrogens is 2. The molecule has 0 fully saturated rings. The lowest BCUT2D eigenvalue weighted by Gasteiger charge is -2.19. The summed E-state index contributed by atoms with van der Waals surface area (Å²) in [5.41, 5.74) is 2.12. The molecule has 0 aliphatic heterocycles. The largest absolute Gasteiger partial charge is 0.310 e. The molecule has 0 saturated carbocycles. The quantitative estimate of drug-likeness (QED) is 0.291. The number of rotatable bonds is 7. The fourth-order valence-electron chi connectivity index (χ4n) is 2.84. The third-order valence-electron chi connectivity index (χ3n) is 4.38. The minimum Gasteiger partial charge on any atom is -0.310 e. The molecule has 0 unspecified atom stereocenters. The molecule has 156 valence electrons. The normalized spacial score (nSPS) is 10.6. The molecule has 2 heterocycles. The van der Waals surface area contributed by atoms with Gasteiger partial charge in [-0.3, -0.25) is 14.9 Å². The second kappa shape index (κ2) is 9.86. The number of carbonyl (C=O) groups is 2. The second-order valence-corrected chi connectivity index (χ2v) is 9.61. The Morgan fingerprint density at radius 3 is 2.55 bits per heavy atom. The molecule has 31 heavy (non-hydrogen) atoms. The molecule has 0 saturated heterocycles. The first-order chi connectivity index (χ1) is 15.1. The Labute approximate surface area is 192 Å². The molecule has 2 aromatic carbocycles. The van der Waals surface area contributed by atoms with E-state index in [9.17, 15) is 9.59 Å². The molecule has 4 rings (SSSR count). The highest BCUT2D eigenvalue weighted by Crippen LogP contribution is 2.29. The van der Waals surface area contributed by atoms with Crippen LogP contribution in [0, 0.1) is 0 Å². The average molecular weight is 467 g/mol. The van der Waals surface area contributed by atoms with Gasteiger partial charge in [0.1, 0.15) is 0 Å². The van der Waals surface area contributed by atoms with Crippen molar-refractivity contribution >= 4 is 57.1 Å². The highest BCUT2D eigenvalue weighted by atomic mass is 32.2. The van der Waals surface area contributed by atoms with Crippen molar-refractivity contribution in [2.45, 2.75) is 10.1 Å². The van der Waals surface area contributed by atoms with Crippen LogP contribution in [-0.4, -0.2) is 29.1 Å². The summed E-state index contributed by atoms with van der Waals surface area (Å²) in [6.07, 6.45) is 0. The second-order valence-electron chi connectivity index (χ2n) is 6.46. The zero-order valence-corrected chi connectivity index (χ0v) is 19.0. The van der Waals surface area contributed by atoms with Crippen LogP contribution in [0.3, 0.4) is 0 Å². The van der Waals surface area contributed by atoms with Gasteiger partial charge >= 0.3 is 0 Å². The molecular weight excluding hydrogens is 448 g/mol. The smallest absolute Gasteiger partial charge is 0.268 e. The Morgan fingerprint density at radius 2 is 1.77 bits per heavy atom. The highest BCUT2D eigenvalue weighted by Gasteiger charge is 2.21. The van der Waals surface area contributed by atoms with E-state index in [1.807, 2.05) is 29.6 Å². The third-order valence-corrected chi connectivity index (χ3v) is 7.28. The molecule has 2 amide bonds. The molecule has 2 aromatic heterocycles. The van der Waals surface area contributed by atoms with Crippen LogP contribution in [0.1, 0.15) is 25.6 Å². The zero-order valence-electron chi connectivity index (χ0n) is 16.5. The highest BCUT2D eigenvalue weighted by molar-refractivity contribution is 8.00. The minimum atomic E-state index is -0.336. The number of hydrogen-bond donors (Lipinski definition) is 1. The maximum absolute atomic E-state index is 12.9. The van der Waals surface area contributed by atoms with Crippen LogP contribution in [0.15, 0.2) is 76.4 Å². The van der Waals surface area contributed by atoms with E-state index in [4.69, 9.17) is 0 Å². The monoisotopic (exact) mass is 466 g/mol. The van der Waals surface area contributed by atoms with Gasteiger partial charge in [-0.2, -0.15) is 0 Å². The van der Waals surface area contributed by atoms with Gasteiger partial charge in [-0.05, 0) is 29.1 Å². The van der Waals surface area contributed by atoms with Gasteiger partial charge in [0, 0.05) is 12.8 Å². The van der Waals surface area contributed by atoms with E-state index < -0.39 is 0 Å². The average Bonchev–Trinajstić information content (AvgIpc) is 3.50. The summed E-state index contributed by atoms with van der Waals surface area (Å²) in [4.78, 5) is 27.7. The topological polar surface area (TPSA) is 75.2 Å². The summed E-state index contributed by atoms with van der Waals surface area (Å²) in [7, 11) is 1.66. The SMILES string of the molecule is CN(C(=O)c1cccs1)c1ccccc1C(=O)Nc1nnc(SCc2ccccc2)s1. The fourth-order valence-corrected chi connectivity index (χ4v) is 5.24. The maximum Gasteiger partial charge on any atom is 0.268 e. The van der Waals surface area contributed by atoms with E-state index in [0.717, 1.165) is 10.1 Å². The molecule has 0 aliphatic carbocycles. The Kier molecular flexibility index (Phi) is 6.76. The van der Waals surface area contributed by atoms with Crippen molar-refractivity contribution in [2.24, 2.45) is 0 Å². The third kappa shape index (κ3) is 5.19. The minimum absolute atomic E-state index is 0.161. The zero-order chi connectivity index (χ0) is 21.6. The molecule has 9 heteroatoms. The number of amides is 2. The van der Waals surface area contributed by atoms with Crippen LogP contribution >= 0.6 is 34.4 Å². The number of nitrogens with zero attached hydrogens (tertiary/aromatic N) is 3. The van der Waals surface area contributed by atoms with Crippen LogP contribution in [0.25, 0.3) is 0 Å². The lowest BCUT2D eigenvalue weighted by molar-refractivity contribution is 0.0996. The first-order valence-electron chi connectivity index (χ1n) is 9.34. The van der Waals surface area contributed by atoms with Crippen LogP contribution in [0.2, 0.25) is 0 Å². The van der Waals surface area contributed by atoms with Crippen molar-refractivity contribution < 1.29 is 9.59 Å². The van der Waals surface area contributed by atoms with Crippen LogP contribution in [0.5, 0.6) is 0 Å². The Hall–Kier alpha value is -3.01. The number of hydrogen-bond acceptors (Lipinski definition) is 7. The lowest BCUT2D eigenvalue weighted by atomic mass is 10.1. The number of thioether (sulfide) groups is 1. The molecule has 0 spiro atoms. The summed E-state index contributed by atoms with van der Waals surface area (Å²) in [6, 6.07) is 20.7. The van der Waals surface area contributed by atoms with Gasteiger partial charge in [-0.25, -0.2) is 0 Å². The number of nitrogens with one attached hydrogen (secondary N) is 1. The predicted octanol–water partition coefficient (Wildman–Crippen LogP) is 5.42. The molecular formula is C22H18N4O2S3. The number of carbonyl (C=O) groups excluding carboxylic acids is 2. The van der Waals surface area contributed by atoms with Crippen LogP contribution < -0.4 is 10.2 Å². The molecule has 6 nitrogen and oxygen atoms in total. The maximum atomic E-state index is 12.9. The van der Waals surface area contributed by atoms with E-state index in [2.05, 4.69) is 27.6 Å². The Morgan fingerprint density at radius 1 is 1.00 bits per heavy atom. The molecule has 4 aromatic rings. The van der Waals surface area contributed by atoms with Gasteiger partial charge in [-0.15, -0.1) is 21.5 Å². The van der Waals surface area contributed by atoms with Gasteiger partial charge in [-0.1, -0.05) is 71.6 Å². The number of benzene rings is 2. The van der Waals surface area contributed by atoms with E-state index in [1.54, 1.807) is 49.1 Å². The van der Waals surface area contributed by atoms with Crippen molar-refractivity contribution in [1.29, 1.82) is 0 Å². The number of thiophene rings is 1. The van der Waals surface area contributed by atoms with Crippen molar-refractivity contribution in [2.75, 3.05) is 17.3 Å². The standard InChI is InChI=1S/C22H18N4O2S3/c1-26(20(28)18-12-7-13-29-18)17-11-6-5-10-16(17)19(27)23-21-24-25-22(31-21)30-14-15-8-3-2-4-9-15/h2-13H,14H2,1H3,(H,23,24,27). The number of para-hydroxylation sites is 1.